The second kappa shape index (κ2) is 7.74. The van der Waals surface area contributed by atoms with Crippen molar-refractivity contribution in [1.29, 1.82) is 0 Å². The van der Waals surface area contributed by atoms with Crippen LogP contribution in [0.15, 0.2) is 18.2 Å². The topological polar surface area (TPSA) is 60.9 Å². The standard InChI is InChI=1S/C18H29N3O3S/c1-14-10-11-15(2)17(12-14)21(25(23,24)19(3)4)13-18(22)20(5)16-8-6-7-9-16/h10-12,16H,6-9,13H2,1-5H3. The smallest absolute Gasteiger partial charge is 0.304 e. The highest BCUT2D eigenvalue weighted by atomic mass is 32.2. The average Bonchev–Trinajstić information content (AvgIpc) is 3.08. The lowest BCUT2D eigenvalue weighted by molar-refractivity contribution is -0.130. The number of likely N-dealkylation sites (N-methyl/N-ethyl adjacent to an activating group) is 1. The molecule has 0 atom stereocenters. The number of aryl methyl sites for hydroxylation is 2. The van der Waals surface area contributed by atoms with Gasteiger partial charge in [0, 0.05) is 27.2 Å². The Morgan fingerprint density at radius 3 is 2.28 bits per heavy atom. The number of amides is 1. The first kappa shape index (κ1) is 19.7. The van der Waals surface area contributed by atoms with E-state index in [4.69, 9.17) is 0 Å². The molecule has 0 heterocycles. The van der Waals surface area contributed by atoms with E-state index in [0.29, 0.717) is 5.69 Å². The van der Waals surface area contributed by atoms with Crippen LogP contribution in [0.2, 0.25) is 0 Å². The van der Waals surface area contributed by atoms with Crippen molar-refractivity contribution in [3.8, 4) is 0 Å². The number of rotatable bonds is 6. The zero-order chi connectivity index (χ0) is 18.8. The maximum Gasteiger partial charge on any atom is 0.304 e. The second-order valence-corrected chi connectivity index (χ2v) is 9.10. The zero-order valence-corrected chi connectivity index (χ0v) is 16.6. The molecule has 0 aliphatic heterocycles. The zero-order valence-electron chi connectivity index (χ0n) is 15.8. The molecule has 6 nitrogen and oxygen atoms in total. The molecular formula is C18H29N3O3S. The number of carbonyl (C=O) groups is 1. The van der Waals surface area contributed by atoms with Crippen molar-refractivity contribution in [2.45, 2.75) is 45.6 Å². The minimum Gasteiger partial charge on any atom is -0.341 e. The van der Waals surface area contributed by atoms with E-state index in [9.17, 15) is 13.2 Å². The fraction of sp³-hybridized carbons (Fsp3) is 0.611. The molecule has 0 N–H and O–H groups in total. The number of carbonyl (C=O) groups excluding carboxylic acids is 1. The van der Waals surface area contributed by atoms with Crippen LogP contribution in [-0.4, -0.2) is 57.3 Å². The lowest BCUT2D eigenvalue weighted by Gasteiger charge is -2.31. The molecule has 25 heavy (non-hydrogen) atoms. The molecule has 0 radical (unpaired) electrons. The van der Waals surface area contributed by atoms with Crippen LogP contribution in [0.1, 0.15) is 36.8 Å². The van der Waals surface area contributed by atoms with Crippen LogP contribution in [0.5, 0.6) is 0 Å². The summed E-state index contributed by atoms with van der Waals surface area (Å²) >= 11 is 0. The van der Waals surface area contributed by atoms with Gasteiger partial charge in [0.1, 0.15) is 6.54 Å². The van der Waals surface area contributed by atoms with E-state index in [1.54, 1.807) is 11.9 Å². The Morgan fingerprint density at radius 2 is 1.72 bits per heavy atom. The van der Waals surface area contributed by atoms with Crippen LogP contribution in [0.3, 0.4) is 0 Å². The highest BCUT2D eigenvalue weighted by Crippen LogP contribution is 2.27. The SMILES string of the molecule is Cc1ccc(C)c(N(CC(=O)N(C)C2CCCC2)S(=O)(=O)N(C)C)c1. The van der Waals surface area contributed by atoms with Crippen molar-refractivity contribution in [3.05, 3.63) is 29.3 Å². The largest absolute Gasteiger partial charge is 0.341 e. The Kier molecular flexibility index (Phi) is 6.11. The van der Waals surface area contributed by atoms with Gasteiger partial charge in [-0.05, 0) is 43.9 Å². The molecule has 0 spiro atoms. The third kappa shape index (κ3) is 4.33. The fourth-order valence-electron chi connectivity index (χ4n) is 3.21. The number of hydrogen-bond donors (Lipinski definition) is 0. The van der Waals surface area contributed by atoms with E-state index < -0.39 is 10.2 Å². The minimum atomic E-state index is -3.76. The minimum absolute atomic E-state index is 0.168. The lowest BCUT2D eigenvalue weighted by Crippen LogP contribution is -2.48. The first-order chi connectivity index (χ1) is 11.6. The fourth-order valence-corrected chi connectivity index (χ4v) is 4.32. The van der Waals surface area contributed by atoms with Gasteiger partial charge in [-0.25, -0.2) is 4.31 Å². The number of hydrogen-bond acceptors (Lipinski definition) is 3. The summed E-state index contributed by atoms with van der Waals surface area (Å²) in [6.45, 7) is 3.59. The van der Waals surface area contributed by atoms with Crippen LogP contribution in [0.4, 0.5) is 5.69 Å². The van der Waals surface area contributed by atoms with Gasteiger partial charge in [0.2, 0.25) is 5.91 Å². The summed E-state index contributed by atoms with van der Waals surface area (Å²) in [6.07, 6.45) is 4.23. The van der Waals surface area contributed by atoms with Crippen LogP contribution >= 0.6 is 0 Å². The highest BCUT2D eigenvalue weighted by molar-refractivity contribution is 7.90. The van der Waals surface area contributed by atoms with Gasteiger partial charge < -0.3 is 4.90 Å². The van der Waals surface area contributed by atoms with Crippen molar-refractivity contribution in [1.82, 2.24) is 9.21 Å². The van der Waals surface area contributed by atoms with Gasteiger partial charge in [-0.15, -0.1) is 0 Å². The third-order valence-electron chi connectivity index (χ3n) is 4.92. The molecule has 0 unspecified atom stereocenters. The van der Waals surface area contributed by atoms with Crippen molar-refractivity contribution >= 4 is 21.8 Å². The number of anilines is 1. The van der Waals surface area contributed by atoms with E-state index >= 15 is 0 Å². The monoisotopic (exact) mass is 367 g/mol. The molecule has 1 aliphatic carbocycles. The summed E-state index contributed by atoms with van der Waals surface area (Å²) in [4.78, 5) is 14.5. The van der Waals surface area contributed by atoms with E-state index in [0.717, 1.165) is 41.1 Å². The van der Waals surface area contributed by atoms with Crippen LogP contribution in [0.25, 0.3) is 0 Å². The molecule has 7 heteroatoms. The molecule has 0 bridgehead atoms. The molecule has 0 aromatic heterocycles. The van der Waals surface area contributed by atoms with Crippen molar-refractivity contribution in [3.63, 3.8) is 0 Å². The number of benzene rings is 1. The predicted molar refractivity (Wildman–Crippen MR) is 101 cm³/mol. The van der Waals surface area contributed by atoms with E-state index in [1.807, 2.05) is 32.0 Å². The van der Waals surface area contributed by atoms with Gasteiger partial charge in [-0.1, -0.05) is 25.0 Å². The molecule has 1 saturated carbocycles. The lowest BCUT2D eigenvalue weighted by atomic mass is 10.1. The molecule has 2 rings (SSSR count). The normalized spacial score (nSPS) is 15.6. The molecule has 1 amide bonds. The summed E-state index contributed by atoms with van der Waals surface area (Å²) in [5.41, 5.74) is 2.34. The molecule has 1 fully saturated rings. The highest BCUT2D eigenvalue weighted by Gasteiger charge is 2.31. The van der Waals surface area contributed by atoms with Crippen molar-refractivity contribution in [2.24, 2.45) is 0 Å². The Morgan fingerprint density at radius 1 is 1.12 bits per heavy atom. The van der Waals surface area contributed by atoms with Crippen LogP contribution in [0, 0.1) is 13.8 Å². The van der Waals surface area contributed by atoms with Gasteiger partial charge in [0.05, 0.1) is 5.69 Å². The van der Waals surface area contributed by atoms with E-state index in [-0.39, 0.29) is 18.5 Å². The van der Waals surface area contributed by atoms with Gasteiger partial charge in [0.15, 0.2) is 0 Å². The summed E-state index contributed by atoms with van der Waals surface area (Å²) in [7, 11) is 0.985. The maximum atomic E-state index is 12.9. The van der Waals surface area contributed by atoms with Gasteiger partial charge >= 0.3 is 10.2 Å². The Balaban J connectivity index is 2.35. The summed E-state index contributed by atoms with van der Waals surface area (Å²) < 4.78 is 28.1. The van der Waals surface area contributed by atoms with Gasteiger partial charge in [-0.3, -0.25) is 4.79 Å². The molecule has 1 aromatic rings. The van der Waals surface area contributed by atoms with Crippen molar-refractivity contribution in [2.75, 3.05) is 32.0 Å². The van der Waals surface area contributed by atoms with Gasteiger partial charge in [-0.2, -0.15) is 12.7 Å². The Bertz CT molecular complexity index is 725. The van der Waals surface area contributed by atoms with E-state index in [1.165, 1.54) is 18.4 Å². The molecule has 1 aromatic carbocycles. The third-order valence-corrected chi connectivity index (χ3v) is 6.72. The number of nitrogens with zero attached hydrogens (tertiary/aromatic N) is 3. The van der Waals surface area contributed by atoms with Crippen LogP contribution < -0.4 is 4.31 Å². The first-order valence-electron chi connectivity index (χ1n) is 8.67. The summed E-state index contributed by atoms with van der Waals surface area (Å²) in [6, 6.07) is 5.86. The Labute approximate surface area is 151 Å². The second-order valence-electron chi connectivity index (χ2n) is 7.03. The quantitative estimate of drug-likeness (QED) is 0.775. The molecular weight excluding hydrogens is 338 g/mol. The first-order valence-corrected chi connectivity index (χ1v) is 10.1. The molecule has 140 valence electrons. The van der Waals surface area contributed by atoms with Crippen LogP contribution in [-0.2, 0) is 15.0 Å². The summed E-state index contributed by atoms with van der Waals surface area (Å²) in [5.74, 6) is -0.168. The summed E-state index contributed by atoms with van der Waals surface area (Å²) in [5, 5.41) is 0. The van der Waals surface area contributed by atoms with Crippen molar-refractivity contribution < 1.29 is 13.2 Å². The Hall–Kier alpha value is -1.60. The average molecular weight is 368 g/mol. The molecule has 0 saturated heterocycles. The predicted octanol–water partition coefficient (Wildman–Crippen LogP) is 2.32. The molecule has 1 aliphatic rings. The van der Waals surface area contributed by atoms with Gasteiger partial charge in [0.25, 0.3) is 0 Å². The maximum absolute atomic E-state index is 12.9. The van der Waals surface area contributed by atoms with E-state index in [2.05, 4.69) is 0 Å².